The molecule has 0 aromatic carbocycles. The van der Waals surface area contributed by atoms with Crippen LogP contribution >= 0.6 is 0 Å². The molecule has 0 spiro atoms. The number of anilines is 3. The zero-order valence-electron chi connectivity index (χ0n) is 78.2. The number of carbonyl (C=O) groups is 8. The molecule has 45 heteroatoms. The number of hydrogen-bond acceptors (Lipinski definition) is 30. The Morgan fingerprint density at radius 3 is 1.03 bits per heavy atom. The molecule has 0 radical (unpaired) electrons. The molecule has 22 rings (SSSR count). The van der Waals surface area contributed by atoms with E-state index in [1.165, 1.54) is 12.4 Å². The van der Waals surface area contributed by atoms with Gasteiger partial charge in [0.1, 0.15) is 50.6 Å². The van der Waals surface area contributed by atoms with E-state index in [2.05, 4.69) is 157 Å². The summed E-state index contributed by atoms with van der Waals surface area (Å²) in [6.45, 7) is 15.5. The average Bonchev–Trinajstić information content (AvgIpc) is 1.63. The highest BCUT2D eigenvalue weighted by Gasteiger charge is 2.29. The zero-order valence-corrected chi connectivity index (χ0v) is 78.2. The minimum absolute atomic E-state index is 0.0554. The van der Waals surface area contributed by atoms with Gasteiger partial charge in [0.15, 0.2) is 45.9 Å². The van der Waals surface area contributed by atoms with E-state index in [0.29, 0.717) is 230 Å². The first kappa shape index (κ1) is 93.5. The zero-order chi connectivity index (χ0) is 99.1. The molecule has 0 saturated carbocycles. The maximum Gasteiger partial charge on any atom is 0.257 e. The molecule has 13 N–H and O–H groups in total. The van der Waals surface area contributed by atoms with Crippen molar-refractivity contribution < 1.29 is 47.8 Å². The molecule has 143 heavy (non-hydrogen) atoms. The molecular weight excluding hydrogens is 1830 g/mol. The van der Waals surface area contributed by atoms with Crippen LogP contribution in [0.3, 0.4) is 0 Å². The minimum atomic E-state index is -0.272. The summed E-state index contributed by atoms with van der Waals surface area (Å²) in [4.78, 5) is 186. The van der Waals surface area contributed by atoms with E-state index >= 15 is 0 Å². The lowest BCUT2D eigenvalue weighted by molar-refractivity contribution is -0.119. The average molecular weight is 1920 g/mol. The molecule has 0 unspecified atom stereocenters. The van der Waals surface area contributed by atoms with Gasteiger partial charge in [-0.1, -0.05) is 47.6 Å². The molecule has 20 aromatic rings. The number of ketones is 1. The van der Waals surface area contributed by atoms with Gasteiger partial charge in [-0.3, -0.25) is 98.6 Å². The lowest BCUT2D eigenvalue weighted by Crippen LogP contribution is -2.40. The van der Waals surface area contributed by atoms with Gasteiger partial charge in [-0.2, -0.15) is 20.4 Å². The highest BCUT2D eigenvalue weighted by Crippen LogP contribution is 2.37. The van der Waals surface area contributed by atoms with Gasteiger partial charge in [0.05, 0.1) is 153 Å². The lowest BCUT2D eigenvalue weighted by Gasteiger charge is -2.26. The summed E-state index contributed by atoms with van der Waals surface area (Å²) in [6.07, 6.45) is 32.8. The summed E-state index contributed by atoms with van der Waals surface area (Å²) in [5, 5.41) is 46.0. The first-order chi connectivity index (χ1) is 69.6. The van der Waals surface area contributed by atoms with Gasteiger partial charge in [-0.05, 0) is 54.4 Å². The summed E-state index contributed by atoms with van der Waals surface area (Å²) in [7, 11) is 3.12. The van der Waals surface area contributed by atoms with E-state index < -0.39 is 0 Å². The van der Waals surface area contributed by atoms with E-state index in [9.17, 15) is 38.4 Å². The fraction of sp³-hybridized carbons (Fsp3) is 0.224. The van der Waals surface area contributed by atoms with E-state index in [0.717, 1.165) is 71.7 Å². The fourth-order valence-electron chi connectivity index (χ4n) is 16.1. The normalized spacial score (nSPS) is 12.6. The number of pyridine rings is 12. The van der Waals surface area contributed by atoms with Crippen molar-refractivity contribution in [3.8, 4) is 90.6 Å². The quantitative estimate of drug-likeness (QED) is 0.0300. The molecule has 20 aromatic heterocycles. The molecular formula is C98H91N35O10. The van der Waals surface area contributed by atoms with Crippen molar-refractivity contribution in [2.75, 3.05) is 82.7 Å². The van der Waals surface area contributed by atoms with Crippen LogP contribution in [0.4, 0.5) is 17.1 Å². The molecule has 22 heterocycles. The Morgan fingerprint density at radius 1 is 0.364 bits per heavy atom. The predicted octanol–water partition coefficient (Wildman–Crippen LogP) is 11.9. The Bertz CT molecular complexity index is 8280. The third-order valence-corrected chi connectivity index (χ3v) is 23.6. The molecule has 2 fully saturated rings. The third kappa shape index (κ3) is 20.0. The van der Waals surface area contributed by atoms with Crippen molar-refractivity contribution in [2.45, 2.75) is 67.2 Å². The lowest BCUT2D eigenvalue weighted by atomic mass is 10.1. The van der Waals surface area contributed by atoms with E-state index in [-0.39, 0.29) is 59.0 Å². The number of rotatable bonds is 22. The maximum absolute atomic E-state index is 13.2. The summed E-state index contributed by atoms with van der Waals surface area (Å²) in [6, 6.07) is 17.1. The van der Waals surface area contributed by atoms with Crippen LogP contribution in [0.15, 0.2) is 172 Å². The highest BCUT2D eigenvalue weighted by molar-refractivity contribution is 6.10. The van der Waals surface area contributed by atoms with Gasteiger partial charge in [0.2, 0.25) is 17.7 Å². The van der Waals surface area contributed by atoms with Gasteiger partial charge in [-0.15, -0.1) is 0 Å². The van der Waals surface area contributed by atoms with Crippen molar-refractivity contribution in [1.82, 2.24) is 161 Å². The second kappa shape index (κ2) is 41.0. The van der Waals surface area contributed by atoms with Gasteiger partial charge in [0, 0.05) is 196 Å². The van der Waals surface area contributed by atoms with Crippen molar-refractivity contribution in [3.63, 3.8) is 0 Å². The number of carbonyl (C=O) groups excluding carboxylic acids is 8. The molecule has 2 aliphatic heterocycles. The third-order valence-electron chi connectivity index (χ3n) is 23.6. The van der Waals surface area contributed by atoms with E-state index in [1.54, 1.807) is 136 Å². The van der Waals surface area contributed by atoms with Crippen LogP contribution in [0, 0.1) is 11.8 Å². The van der Waals surface area contributed by atoms with Gasteiger partial charge >= 0.3 is 0 Å². The second-order valence-corrected chi connectivity index (χ2v) is 34.1. The number of Topliss-reactive ketones (excluding diaryl/α,β-unsaturated/α-hetero) is 1. The molecule has 45 nitrogen and oxygen atoms in total. The van der Waals surface area contributed by atoms with Crippen molar-refractivity contribution >= 4 is 152 Å². The maximum atomic E-state index is 13.2. The molecule has 718 valence electrons. The Morgan fingerprint density at radius 2 is 0.692 bits per heavy atom. The smallest absolute Gasteiger partial charge is 0.257 e. The Hall–Kier alpha value is -18.6. The number of aromatic nitrogens is 28. The summed E-state index contributed by atoms with van der Waals surface area (Å²) in [5.74, 6) is 1.33. The minimum Gasteiger partial charge on any atom is -0.378 e. The number of H-pyrrole nitrogens is 8. The number of imidazole rings is 4. The van der Waals surface area contributed by atoms with Crippen LogP contribution in [-0.2, 0) is 35.1 Å². The predicted molar refractivity (Wildman–Crippen MR) is 530 cm³/mol. The molecule has 0 bridgehead atoms. The Labute approximate surface area is 809 Å². The van der Waals surface area contributed by atoms with E-state index in [4.69, 9.17) is 19.4 Å². The fourth-order valence-corrected chi connectivity index (χ4v) is 16.1. The van der Waals surface area contributed by atoms with Crippen LogP contribution in [-0.4, -0.2) is 264 Å². The first-order valence-corrected chi connectivity index (χ1v) is 45.7. The molecule has 0 atom stereocenters. The Balaban J connectivity index is 0.000000121. The second-order valence-electron chi connectivity index (χ2n) is 34.1. The summed E-state index contributed by atoms with van der Waals surface area (Å²) in [5.41, 5.74) is 20.0. The first-order valence-electron chi connectivity index (χ1n) is 45.7. The number of ether oxygens (including phenoxy) is 2. The number of hydrogen-bond donors (Lipinski definition) is 13. The van der Waals surface area contributed by atoms with Gasteiger partial charge in [-0.25, -0.2) is 39.9 Å². The number of fused-ring (bicyclic) bond motifs is 8. The van der Waals surface area contributed by atoms with Crippen LogP contribution in [0.25, 0.3) is 179 Å². The number of nitrogens with zero attached hydrogens (tertiary/aromatic N) is 22. The van der Waals surface area contributed by atoms with Crippen LogP contribution in [0.2, 0.25) is 0 Å². The largest absolute Gasteiger partial charge is 0.378 e. The SMILES string of the molecule is CCC(=O)Cc1ccc(-c2cnc3n[nH]c(-c4nc5c(C(=O)N6CCOCC6)cncc5[nH]4)c3c2)cn1.CCC(=O)Nc1cncc(-c2cnc3n[nH]c(-c4nc5c(C(=O)N6CCOCC6)cncc5[nH]4)c3c2)c1.CNC(=O)c1cncc2[nH]c(-c3[nH]nc4ncc(-c5cncc(NC(=O)C(C)C)c5)cc34)nc12.CNC(=O)c1cncc2[nH]c(-c3[nH]nc4ncc(-c5cncc(NC(=O)CC(C)C)c5)cc34)nc12. The highest BCUT2D eigenvalue weighted by atomic mass is 16.5. The molecule has 2 aliphatic rings. The van der Waals surface area contributed by atoms with Crippen LogP contribution in [0.1, 0.15) is 108 Å². The topological polar surface area (TPSA) is 606 Å². The molecule has 7 amide bonds. The van der Waals surface area contributed by atoms with Crippen LogP contribution in [0.5, 0.6) is 0 Å². The Kier molecular flexibility index (Phi) is 26.8. The molecule has 2 saturated heterocycles. The summed E-state index contributed by atoms with van der Waals surface area (Å²) < 4.78 is 10.7. The van der Waals surface area contributed by atoms with Gasteiger partial charge in [0.25, 0.3) is 23.6 Å². The number of nitrogens with one attached hydrogen (secondary N) is 13. The monoisotopic (exact) mass is 1920 g/mol. The number of morpholine rings is 2. The van der Waals surface area contributed by atoms with E-state index in [1.807, 2.05) is 89.2 Å². The van der Waals surface area contributed by atoms with Gasteiger partial charge < -0.3 is 65.8 Å². The van der Waals surface area contributed by atoms with Crippen LogP contribution < -0.4 is 26.6 Å². The van der Waals surface area contributed by atoms with Crippen molar-refractivity contribution in [3.05, 3.63) is 200 Å². The summed E-state index contributed by atoms with van der Waals surface area (Å²) >= 11 is 0. The molecule has 0 aliphatic carbocycles. The van der Waals surface area contributed by atoms with Crippen molar-refractivity contribution in [2.24, 2.45) is 11.8 Å². The standard InChI is InChI=1S/C26H24N8O3.C25H23N9O3.C24H23N9O2.C23H21N9O2/c1-2-18(35)10-17-4-3-15(11-28-17)16-9-19-23(32-33-24(19)29-12-16)25-30-21-14-27-13-20(22(21)31-25)26(36)34-5-7-37-8-6-34;1-2-20(35)29-16-7-14(9-26-11-16)15-8-17-22(32-33-23(17)28-10-15)24-30-19-13-27-12-18(21(19)31-24)25(36)34-3-5-37-6-4-34;1-12(2)4-19(34)29-15-5-13(7-26-9-15)14-6-16-21(32-33-22(16)28-8-14)23-30-18-11-27-10-17(20(18)31-23)24(35)25-3;1-11(2)22(33)28-14-4-12(6-25-8-14)13-5-15-19(31-32-20(15)27-7-13)21-29-17-10-26-9-16(18(17)30-21)23(34)24-3/h3-4,9,11-14H,2,5-8,10H2,1H3,(H,30,31)(H,29,32,33);7-13H,2-6H2,1H3,(H,29,35)(H,30,31)(H,28,32,33);5-12H,4H2,1-3H3,(H,25,35)(H,29,34)(H,30,31)(H,28,32,33);4-11H,1-3H3,(H,24,34)(H,28,33)(H,29,30)(H,27,31,32). The number of aromatic amines is 8. The van der Waals surface area contributed by atoms with Crippen molar-refractivity contribution in [1.29, 1.82) is 0 Å². The number of amides is 7.